The molecule has 2 rings (SSSR count). The first-order chi connectivity index (χ1) is 9.70. The first-order valence-corrected chi connectivity index (χ1v) is 7.06. The lowest BCUT2D eigenvalue weighted by molar-refractivity contribution is -0.134. The third kappa shape index (κ3) is 2.37. The number of carbonyl (C=O) groups is 1. The van der Waals surface area contributed by atoms with Crippen LogP contribution in [0.5, 0.6) is 0 Å². The number of nitrogens with zero attached hydrogens (tertiary/aromatic N) is 4. The summed E-state index contributed by atoms with van der Waals surface area (Å²) in [5.41, 5.74) is 9.04. The summed E-state index contributed by atoms with van der Waals surface area (Å²) >= 11 is 0. The van der Waals surface area contributed by atoms with Crippen molar-refractivity contribution >= 4 is 5.91 Å². The van der Waals surface area contributed by atoms with Crippen LogP contribution in [0, 0.1) is 5.92 Å². The van der Waals surface area contributed by atoms with Crippen molar-refractivity contribution in [2.75, 3.05) is 19.6 Å². The summed E-state index contributed by atoms with van der Waals surface area (Å²) in [5.74, 6) is 0.278. The highest BCUT2D eigenvalue weighted by atomic mass is 16.2. The molecule has 2 atom stereocenters. The van der Waals surface area contributed by atoms with Crippen molar-refractivity contribution < 1.29 is 4.79 Å². The topological polar surface area (TPSA) is 69.1 Å². The molecule has 0 aromatic heterocycles. The lowest BCUT2D eigenvalue weighted by Crippen LogP contribution is -2.40. The van der Waals surface area contributed by atoms with Crippen molar-refractivity contribution in [3.8, 4) is 0 Å². The smallest absolute Gasteiger partial charge is 0.233 e. The number of rotatable bonds is 6. The lowest BCUT2D eigenvalue weighted by Gasteiger charge is -2.26. The SMILES string of the molecule is CCN(CC)C(=O)C1(c2ccccc2)CC1CN=[N+]=[N-]. The van der Waals surface area contributed by atoms with E-state index in [0.29, 0.717) is 19.6 Å². The van der Waals surface area contributed by atoms with Crippen LogP contribution in [0.25, 0.3) is 10.4 Å². The maximum absolute atomic E-state index is 12.9. The zero-order chi connectivity index (χ0) is 14.6. The summed E-state index contributed by atoms with van der Waals surface area (Å²) in [4.78, 5) is 17.5. The number of carbonyl (C=O) groups excluding carboxylic acids is 1. The Morgan fingerprint density at radius 1 is 1.40 bits per heavy atom. The molecule has 0 aliphatic heterocycles. The maximum atomic E-state index is 12.9. The number of hydrogen-bond acceptors (Lipinski definition) is 2. The van der Waals surface area contributed by atoms with Crippen LogP contribution < -0.4 is 0 Å². The van der Waals surface area contributed by atoms with Gasteiger partial charge >= 0.3 is 0 Å². The van der Waals surface area contributed by atoms with Crippen molar-refractivity contribution in [1.29, 1.82) is 0 Å². The van der Waals surface area contributed by atoms with Crippen molar-refractivity contribution in [3.63, 3.8) is 0 Å². The minimum Gasteiger partial charge on any atom is -0.342 e. The zero-order valence-corrected chi connectivity index (χ0v) is 12.0. The van der Waals surface area contributed by atoms with E-state index in [0.717, 1.165) is 12.0 Å². The number of likely N-dealkylation sites (N-methyl/N-ethyl adjacent to an activating group) is 1. The Bertz CT molecular complexity index is 520. The first-order valence-electron chi connectivity index (χ1n) is 7.06. The van der Waals surface area contributed by atoms with E-state index in [1.165, 1.54) is 0 Å². The van der Waals surface area contributed by atoms with Gasteiger partial charge in [0.1, 0.15) is 0 Å². The fraction of sp³-hybridized carbons (Fsp3) is 0.533. The Balaban J connectivity index is 2.32. The molecule has 1 aliphatic carbocycles. The van der Waals surface area contributed by atoms with E-state index >= 15 is 0 Å². The fourth-order valence-electron chi connectivity index (χ4n) is 2.95. The first kappa shape index (κ1) is 14.4. The summed E-state index contributed by atoms with van der Waals surface area (Å²) in [6.45, 7) is 5.78. The summed E-state index contributed by atoms with van der Waals surface area (Å²) in [6.07, 6.45) is 0.769. The van der Waals surface area contributed by atoms with E-state index in [4.69, 9.17) is 5.53 Å². The molecule has 106 valence electrons. The molecule has 2 unspecified atom stereocenters. The van der Waals surface area contributed by atoms with Crippen LogP contribution in [0.2, 0.25) is 0 Å². The second-order valence-electron chi connectivity index (χ2n) is 5.13. The van der Waals surface area contributed by atoms with Crippen LogP contribution in [0.3, 0.4) is 0 Å². The van der Waals surface area contributed by atoms with Crippen LogP contribution >= 0.6 is 0 Å². The van der Waals surface area contributed by atoms with Gasteiger partial charge in [0.15, 0.2) is 0 Å². The molecule has 1 fully saturated rings. The van der Waals surface area contributed by atoms with Crippen molar-refractivity contribution in [2.24, 2.45) is 11.0 Å². The molecule has 5 heteroatoms. The minimum absolute atomic E-state index is 0.119. The van der Waals surface area contributed by atoms with Gasteiger partial charge in [-0.25, -0.2) is 0 Å². The number of hydrogen-bond donors (Lipinski definition) is 0. The van der Waals surface area contributed by atoms with Gasteiger partial charge in [-0.3, -0.25) is 4.79 Å². The van der Waals surface area contributed by atoms with E-state index in [1.807, 2.05) is 49.1 Å². The molecule has 0 saturated heterocycles. The standard InChI is InChI=1S/C15H20N4O/c1-3-19(4-2)14(20)15(10-13(15)11-17-18-16)12-8-6-5-7-9-12/h5-9,13H,3-4,10-11H2,1-2H3. The zero-order valence-electron chi connectivity index (χ0n) is 12.0. The van der Waals surface area contributed by atoms with Crippen LogP contribution in [-0.2, 0) is 10.2 Å². The van der Waals surface area contributed by atoms with Gasteiger partial charge in [0, 0.05) is 24.5 Å². The Morgan fingerprint density at radius 2 is 2.05 bits per heavy atom. The highest BCUT2D eigenvalue weighted by Crippen LogP contribution is 2.55. The monoisotopic (exact) mass is 272 g/mol. The molecule has 0 spiro atoms. The Morgan fingerprint density at radius 3 is 2.60 bits per heavy atom. The molecule has 0 N–H and O–H groups in total. The maximum Gasteiger partial charge on any atom is 0.233 e. The highest BCUT2D eigenvalue weighted by Gasteiger charge is 2.61. The predicted molar refractivity (Wildman–Crippen MR) is 78.2 cm³/mol. The molecule has 0 radical (unpaired) electrons. The van der Waals surface area contributed by atoms with Gasteiger partial charge in [0.2, 0.25) is 5.91 Å². The molecule has 0 heterocycles. The fourth-order valence-corrected chi connectivity index (χ4v) is 2.95. The number of azide groups is 1. The van der Waals surface area contributed by atoms with Crippen molar-refractivity contribution in [1.82, 2.24) is 4.90 Å². The number of benzene rings is 1. The molecular formula is C15H20N4O. The van der Waals surface area contributed by atoms with Gasteiger partial charge in [-0.2, -0.15) is 0 Å². The quantitative estimate of drug-likeness (QED) is 0.445. The van der Waals surface area contributed by atoms with Gasteiger partial charge in [0.05, 0.1) is 5.41 Å². The van der Waals surface area contributed by atoms with Crippen LogP contribution in [0.1, 0.15) is 25.8 Å². The second kappa shape index (κ2) is 5.97. The van der Waals surface area contributed by atoms with Gasteiger partial charge in [-0.05, 0) is 37.3 Å². The Kier molecular flexibility index (Phi) is 4.30. The van der Waals surface area contributed by atoms with Crippen molar-refractivity contribution in [3.05, 3.63) is 46.3 Å². The molecule has 1 aliphatic rings. The van der Waals surface area contributed by atoms with E-state index in [-0.39, 0.29) is 11.8 Å². The van der Waals surface area contributed by atoms with Gasteiger partial charge in [-0.1, -0.05) is 35.4 Å². The summed E-state index contributed by atoms with van der Waals surface area (Å²) < 4.78 is 0. The predicted octanol–water partition coefficient (Wildman–Crippen LogP) is 3.12. The largest absolute Gasteiger partial charge is 0.342 e. The molecular weight excluding hydrogens is 252 g/mol. The Hall–Kier alpha value is -2.00. The average Bonchev–Trinajstić information content (AvgIpc) is 3.23. The van der Waals surface area contributed by atoms with E-state index < -0.39 is 5.41 Å². The molecule has 5 nitrogen and oxygen atoms in total. The molecule has 0 bridgehead atoms. The van der Waals surface area contributed by atoms with Crippen LogP contribution in [-0.4, -0.2) is 30.4 Å². The molecule has 1 amide bonds. The van der Waals surface area contributed by atoms with Gasteiger partial charge in [-0.15, -0.1) is 0 Å². The molecule has 1 aromatic rings. The summed E-state index contributed by atoms with van der Waals surface area (Å²) in [7, 11) is 0. The minimum atomic E-state index is -0.485. The lowest BCUT2D eigenvalue weighted by atomic mass is 9.91. The van der Waals surface area contributed by atoms with Gasteiger partial charge < -0.3 is 4.90 Å². The molecule has 20 heavy (non-hydrogen) atoms. The summed E-state index contributed by atoms with van der Waals surface area (Å²) in [5, 5.41) is 3.66. The third-order valence-electron chi connectivity index (χ3n) is 4.19. The van der Waals surface area contributed by atoms with Crippen LogP contribution in [0.15, 0.2) is 35.4 Å². The third-order valence-corrected chi connectivity index (χ3v) is 4.19. The summed E-state index contributed by atoms with van der Waals surface area (Å²) in [6, 6.07) is 9.85. The highest BCUT2D eigenvalue weighted by molar-refractivity contribution is 5.92. The van der Waals surface area contributed by atoms with Gasteiger partial charge in [0.25, 0.3) is 0 Å². The molecule has 1 aromatic carbocycles. The molecule has 1 saturated carbocycles. The number of amides is 1. The van der Waals surface area contributed by atoms with E-state index in [2.05, 4.69) is 10.0 Å². The van der Waals surface area contributed by atoms with E-state index in [9.17, 15) is 4.79 Å². The average molecular weight is 272 g/mol. The Labute approximate surface area is 119 Å². The normalized spacial score (nSPS) is 23.8. The van der Waals surface area contributed by atoms with Crippen molar-refractivity contribution in [2.45, 2.75) is 25.7 Å². The van der Waals surface area contributed by atoms with E-state index in [1.54, 1.807) is 0 Å². The second-order valence-corrected chi connectivity index (χ2v) is 5.13. The van der Waals surface area contributed by atoms with Crippen LogP contribution in [0.4, 0.5) is 0 Å².